The van der Waals surface area contributed by atoms with E-state index in [0.29, 0.717) is 35.5 Å². The minimum absolute atomic E-state index is 0.0333. The molecule has 2 fully saturated rings. The maximum Gasteiger partial charge on any atom is 0.435 e. The number of ether oxygens (including phenoxy) is 1. The van der Waals surface area contributed by atoms with E-state index in [-0.39, 0.29) is 36.0 Å². The highest BCUT2D eigenvalue weighted by Crippen LogP contribution is 2.47. The second-order valence-corrected chi connectivity index (χ2v) is 8.66. The molecule has 0 radical (unpaired) electrons. The number of rotatable bonds is 5. The smallest absolute Gasteiger partial charge is 0.435 e. The van der Waals surface area contributed by atoms with Gasteiger partial charge >= 0.3 is 6.18 Å². The van der Waals surface area contributed by atoms with Gasteiger partial charge in [-0.2, -0.15) is 18.2 Å². The van der Waals surface area contributed by atoms with Crippen LogP contribution < -0.4 is 4.74 Å². The molecule has 0 N–H and O–H groups in total. The number of nitrogens with zero attached hydrogens (tertiary/aromatic N) is 6. The van der Waals surface area contributed by atoms with Gasteiger partial charge in [-0.3, -0.25) is 4.79 Å². The Hall–Kier alpha value is -3.57. The van der Waals surface area contributed by atoms with Crippen LogP contribution in [0.4, 0.5) is 13.2 Å². The van der Waals surface area contributed by atoms with Crippen molar-refractivity contribution in [1.82, 2.24) is 30.2 Å². The highest BCUT2D eigenvalue weighted by molar-refractivity contribution is 5.98. The van der Waals surface area contributed by atoms with Crippen molar-refractivity contribution in [3.8, 4) is 17.3 Å². The molecular formula is C22H21F3N6O3. The number of pyridine rings is 1. The first-order valence-electron chi connectivity index (χ1n) is 10.8. The average Bonchev–Trinajstić information content (AvgIpc) is 3.44. The van der Waals surface area contributed by atoms with Gasteiger partial charge in [0, 0.05) is 18.3 Å². The van der Waals surface area contributed by atoms with Gasteiger partial charge in [-0.25, -0.2) is 4.98 Å². The molecule has 1 aliphatic carbocycles. The van der Waals surface area contributed by atoms with Crippen molar-refractivity contribution in [2.24, 2.45) is 11.8 Å². The second-order valence-electron chi connectivity index (χ2n) is 8.66. The predicted octanol–water partition coefficient (Wildman–Crippen LogP) is 3.49. The summed E-state index contributed by atoms with van der Waals surface area (Å²) in [5.74, 6) is 1.25. The highest BCUT2D eigenvalue weighted by Gasteiger charge is 2.48. The van der Waals surface area contributed by atoms with Crippen LogP contribution in [0, 0.1) is 25.7 Å². The number of hydrogen-bond acceptors (Lipinski definition) is 8. The lowest BCUT2D eigenvalue weighted by Gasteiger charge is -2.35. The Balaban J connectivity index is 1.37. The maximum absolute atomic E-state index is 13.7. The molecule has 0 spiro atoms. The molecule has 1 saturated carbocycles. The summed E-state index contributed by atoms with van der Waals surface area (Å²) in [4.78, 5) is 24.1. The Morgan fingerprint density at radius 3 is 2.62 bits per heavy atom. The van der Waals surface area contributed by atoms with Gasteiger partial charge in [0.15, 0.2) is 11.5 Å². The topological polar surface area (TPSA) is 107 Å². The zero-order valence-electron chi connectivity index (χ0n) is 18.4. The van der Waals surface area contributed by atoms with Gasteiger partial charge < -0.3 is 14.2 Å². The molecule has 0 bridgehead atoms. The van der Waals surface area contributed by atoms with E-state index < -0.39 is 11.9 Å². The summed E-state index contributed by atoms with van der Waals surface area (Å²) in [5, 5.41) is 10.5. The van der Waals surface area contributed by atoms with Crippen LogP contribution in [0.3, 0.4) is 0 Å². The van der Waals surface area contributed by atoms with Gasteiger partial charge in [0.2, 0.25) is 5.88 Å². The van der Waals surface area contributed by atoms with Gasteiger partial charge in [-0.1, -0.05) is 5.16 Å². The van der Waals surface area contributed by atoms with Crippen LogP contribution in [0.5, 0.6) is 5.88 Å². The Morgan fingerprint density at radius 1 is 1.12 bits per heavy atom. The number of aromatic nitrogens is 5. The zero-order valence-corrected chi connectivity index (χ0v) is 18.4. The molecule has 12 heteroatoms. The molecule has 9 nitrogen and oxygen atoms in total. The van der Waals surface area contributed by atoms with Crippen molar-refractivity contribution in [3.05, 3.63) is 47.2 Å². The minimum Gasteiger partial charge on any atom is -0.474 e. The fourth-order valence-corrected chi connectivity index (χ4v) is 4.27. The van der Waals surface area contributed by atoms with E-state index in [1.165, 1.54) is 0 Å². The van der Waals surface area contributed by atoms with Gasteiger partial charge in [0.1, 0.15) is 12.3 Å². The van der Waals surface area contributed by atoms with E-state index in [4.69, 9.17) is 9.26 Å². The third-order valence-electron chi connectivity index (χ3n) is 6.13. The van der Waals surface area contributed by atoms with Gasteiger partial charge in [-0.15, -0.1) is 10.2 Å². The molecule has 2 aliphatic rings. The number of hydrogen-bond donors (Lipinski definition) is 0. The number of halogens is 3. The number of piperidine rings is 1. The third kappa shape index (κ3) is 4.44. The molecule has 1 aliphatic heterocycles. The molecule has 1 saturated heterocycles. The van der Waals surface area contributed by atoms with Crippen molar-refractivity contribution in [3.63, 3.8) is 0 Å². The number of carbonyl (C=O) groups is 1. The van der Waals surface area contributed by atoms with Crippen LogP contribution in [0.2, 0.25) is 0 Å². The lowest BCUT2D eigenvalue weighted by atomic mass is 10.0. The first-order chi connectivity index (χ1) is 16.2. The van der Waals surface area contributed by atoms with Crippen LogP contribution in [0.25, 0.3) is 11.5 Å². The summed E-state index contributed by atoms with van der Waals surface area (Å²) in [7, 11) is 0. The van der Waals surface area contributed by atoms with Crippen molar-refractivity contribution in [1.29, 1.82) is 0 Å². The van der Waals surface area contributed by atoms with Gasteiger partial charge in [-0.05, 0) is 56.7 Å². The quantitative estimate of drug-likeness (QED) is 0.553. The summed E-state index contributed by atoms with van der Waals surface area (Å²) >= 11 is 0. The van der Waals surface area contributed by atoms with E-state index in [1.807, 2.05) is 0 Å². The molecular weight excluding hydrogens is 453 g/mol. The monoisotopic (exact) mass is 474 g/mol. The fourth-order valence-electron chi connectivity index (χ4n) is 4.27. The van der Waals surface area contributed by atoms with Crippen molar-refractivity contribution in [2.45, 2.75) is 38.9 Å². The molecule has 1 amide bonds. The van der Waals surface area contributed by atoms with Crippen LogP contribution in [0.15, 0.2) is 28.8 Å². The van der Waals surface area contributed by atoms with Gasteiger partial charge in [0.25, 0.3) is 11.8 Å². The van der Waals surface area contributed by atoms with Crippen LogP contribution in [0.1, 0.15) is 40.5 Å². The van der Waals surface area contributed by atoms with E-state index in [0.717, 1.165) is 25.0 Å². The first kappa shape index (κ1) is 22.2. The number of carbonyl (C=O) groups excluding carboxylic acids is 1. The first-order valence-corrected chi connectivity index (χ1v) is 10.8. The standard InChI is InChI=1S/C22H21F3N6O3/c1-11-3-4-16(20-27-12(2)30-34-20)19(26-11)21(32)31-9-14-7-13(14)8-15(31)10-33-18-6-5-17(28-29-18)22(23,24)25/h3-6,13-15H,7-10H2,1-2H3/t13-,14+,15+/m1/s1. The Kier molecular flexibility index (Phi) is 5.45. The lowest BCUT2D eigenvalue weighted by Crippen LogP contribution is -2.48. The van der Waals surface area contributed by atoms with Crippen molar-refractivity contribution < 1.29 is 27.2 Å². The summed E-state index contributed by atoms with van der Waals surface area (Å²) in [6, 6.07) is 5.15. The lowest BCUT2D eigenvalue weighted by molar-refractivity contribution is -0.141. The number of amides is 1. The Labute approximate surface area is 192 Å². The number of alkyl halides is 3. The molecule has 178 valence electrons. The normalized spacial score (nSPS) is 21.8. The van der Waals surface area contributed by atoms with Crippen LogP contribution in [-0.2, 0) is 6.18 Å². The average molecular weight is 474 g/mol. The minimum atomic E-state index is -4.57. The fraction of sp³-hybridized carbons (Fsp3) is 0.455. The van der Waals surface area contributed by atoms with Crippen LogP contribution in [-0.4, -0.2) is 55.3 Å². The summed E-state index contributed by atoms with van der Waals surface area (Å²) in [6.45, 7) is 4.10. The summed E-state index contributed by atoms with van der Waals surface area (Å²) in [6.07, 6.45) is -2.82. The summed E-state index contributed by atoms with van der Waals surface area (Å²) in [5.41, 5.74) is 0.228. The van der Waals surface area contributed by atoms with Crippen molar-refractivity contribution >= 4 is 5.91 Å². The largest absolute Gasteiger partial charge is 0.474 e. The molecule has 34 heavy (non-hydrogen) atoms. The van der Waals surface area contributed by atoms with Crippen LogP contribution >= 0.6 is 0 Å². The Morgan fingerprint density at radius 2 is 1.94 bits per heavy atom. The van der Waals surface area contributed by atoms with E-state index in [9.17, 15) is 18.0 Å². The summed E-state index contributed by atoms with van der Waals surface area (Å²) < 4.78 is 49.1. The molecule has 4 heterocycles. The number of aryl methyl sites for hydroxylation is 2. The zero-order chi connectivity index (χ0) is 24.0. The molecule has 5 rings (SSSR count). The molecule has 0 unspecified atom stereocenters. The number of likely N-dealkylation sites (tertiary alicyclic amines) is 1. The maximum atomic E-state index is 13.7. The molecule has 0 aromatic carbocycles. The van der Waals surface area contributed by atoms with E-state index in [2.05, 4.69) is 25.3 Å². The third-order valence-corrected chi connectivity index (χ3v) is 6.13. The SMILES string of the molecule is Cc1ccc(-c2nc(C)no2)c(C(=O)N2C[C@@H]3C[C@@H]3C[C@H]2COc2ccc(C(F)(F)F)nn2)n1. The van der Waals surface area contributed by atoms with E-state index in [1.54, 1.807) is 30.9 Å². The highest BCUT2D eigenvalue weighted by atomic mass is 19.4. The Bertz CT molecular complexity index is 1210. The van der Waals surface area contributed by atoms with Gasteiger partial charge in [0.05, 0.1) is 11.6 Å². The molecule has 3 atom stereocenters. The predicted molar refractivity (Wildman–Crippen MR) is 111 cm³/mol. The van der Waals surface area contributed by atoms with Crippen molar-refractivity contribution in [2.75, 3.05) is 13.2 Å². The van der Waals surface area contributed by atoms with E-state index >= 15 is 0 Å². The molecule has 3 aromatic heterocycles. The number of fused-ring (bicyclic) bond motifs is 1. The second kappa shape index (κ2) is 8.33. The molecule has 3 aromatic rings.